The molecule has 4 heteroatoms. The predicted octanol–water partition coefficient (Wildman–Crippen LogP) is 2.99. The van der Waals surface area contributed by atoms with Crippen LogP contribution < -0.4 is 10.1 Å². The van der Waals surface area contributed by atoms with Crippen LogP contribution in [0.2, 0.25) is 0 Å². The van der Waals surface area contributed by atoms with E-state index in [9.17, 15) is 5.11 Å². The standard InChI is InChI=1S/C18H31NO3/c1-14(2)5-6-15(3)19-11-17(20)13-22-12-16-7-9-18(21-4)10-8-16/h7-10,14-15,17,19-20H,5-6,11-13H2,1-4H3/t15-,17+/m1/s1. The lowest BCUT2D eigenvalue weighted by Crippen LogP contribution is -2.36. The van der Waals surface area contributed by atoms with Gasteiger partial charge in [-0.15, -0.1) is 0 Å². The van der Waals surface area contributed by atoms with Crippen molar-refractivity contribution < 1.29 is 14.6 Å². The monoisotopic (exact) mass is 309 g/mol. The van der Waals surface area contributed by atoms with E-state index in [1.807, 2.05) is 24.3 Å². The van der Waals surface area contributed by atoms with Gasteiger partial charge in [-0.1, -0.05) is 26.0 Å². The molecule has 2 atom stereocenters. The third kappa shape index (κ3) is 8.37. The summed E-state index contributed by atoms with van der Waals surface area (Å²) in [5.74, 6) is 1.56. The molecule has 0 unspecified atom stereocenters. The first-order chi connectivity index (χ1) is 10.5. The quantitative estimate of drug-likeness (QED) is 0.660. The Morgan fingerprint density at radius 2 is 1.77 bits per heavy atom. The van der Waals surface area contributed by atoms with Gasteiger partial charge in [0, 0.05) is 12.6 Å². The maximum atomic E-state index is 9.93. The van der Waals surface area contributed by atoms with Crippen LogP contribution in [0.5, 0.6) is 5.75 Å². The number of hydrogen-bond acceptors (Lipinski definition) is 4. The van der Waals surface area contributed by atoms with Crippen LogP contribution in [-0.4, -0.2) is 37.5 Å². The summed E-state index contributed by atoms with van der Waals surface area (Å²) in [6.07, 6.45) is 1.87. The van der Waals surface area contributed by atoms with Crippen molar-refractivity contribution in [1.29, 1.82) is 0 Å². The molecule has 0 amide bonds. The van der Waals surface area contributed by atoms with Crippen molar-refractivity contribution in [2.45, 2.75) is 52.4 Å². The lowest BCUT2D eigenvalue weighted by Gasteiger charge is -2.18. The molecule has 0 saturated heterocycles. The van der Waals surface area contributed by atoms with E-state index in [-0.39, 0.29) is 0 Å². The fraction of sp³-hybridized carbons (Fsp3) is 0.667. The van der Waals surface area contributed by atoms with E-state index >= 15 is 0 Å². The van der Waals surface area contributed by atoms with E-state index in [0.717, 1.165) is 23.7 Å². The maximum Gasteiger partial charge on any atom is 0.118 e. The average Bonchev–Trinajstić information content (AvgIpc) is 2.51. The van der Waals surface area contributed by atoms with Crippen molar-refractivity contribution >= 4 is 0 Å². The van der Waals surface area contributed by atoms with Crippen LogP contribution in [0, 0.1) is 5.92 Å². The summed E-state index contributed by atoms with van der Waals surface area (Å²) in [4.78, 5) is 0. The van der Waals surface area contributed by atoms with Crippen LogP contribution in [0.1, 0.15) is 39.2 Å². The number of aliphatic hydroxyl groups excluding tert-OH is 1. The number of methoxy groups -OCH3 is 1. The van der Waals surface area contributed by atoms with E-state index in [0.29, 0.717) is 25.8 Å². The molecule has 0 spiro atoms. The van der Waals surface area contributed by atoms with E-state index in [4.69, 9.17) is 9.47 Å². The number of nitrogens with one attached hydrogen (secondary N) is 1. The van der Waals surface area contributed by atoms with Crippen LogP contribution in [0.25, 0.3) is 0 Å². The lowest BCUT2D eigenvalue weighted by molar-refractivity contribution is 0.0276. The Labute approximate surface area is 134 Å². The molecule has 0 aromatic heterocycles. The van der Waals surface area contributed by atoms with Gasteiger partial charge in [0.25, 0.3) is 0 Å². The molecule has 0 saturated carbocycles. The molecule has 2 N–H and O–H groups in total. The SMILES string of the molecule is COc1ccc(COC[C@@H](O)CN[C@H](C)CCC(C)C)cc1. The zero-order chi connectivity index (χ0) is 16.4. The number of ether oxygens (including phenoxy) is 2. The zero-order valence-corrected chi connectivity index (χ0v) is 14.3. The zero-order valence-electron chi connectivity index (χ0n) is 14.3. The van der Waals surface area contributed by atoms with Gasteiger partial charge < -0.3 is 19.9 Å². The first-order valence-electron chi connectivity index (χ1n) is 8.13. The van der Waals surface area contributed by atoms with Crippen molar-refractivity contribution in [3.63, 3.8) is 0 Å². The summed E-state index contributed by atoms with van der Waals surface area (Å²) in [5.41, 5.74) is 1.08. The van der Waals surface area contributed by atoms with E-state index in [1.165, 1.54) is 6.42 Å². The van der Waals surface area contributed by atoms with Gasteiger partial charge in [-0.25, -0.2) is 0 Å². The molecular weight excluding hydrogens is 278 g/mol. The molecule has 22 heavy (non-hydrogen) atoms. The van der Waals surface area contributed by atoms with Crippen molar-refractivity contribution in [1.82, 2.24) is 5.32 Å². The normalized spacial score (nSPS) is 14.1. The van der Waals surface area contributed by atoms with Crippen LogP contribution in [-0.2, 0) is 11.3 Å². The lowest BCUT2D eigenvalue weighted by atomic mass is 10.0. The summed E-state index contributed by atoms with van der Waals surface area (Å²) in [5, 5.41) is 13.3. The molecule has 1 aromatic carbocycles. The molecule has 126 valence electrons. The molecule has 1 aromatic rings. The topological polar surface area (TPSA) is 50.7 Å². The molecule has 1 rings (SSSR count). The second-order valence-corrected chi connectivity index (χ2v) is 6.30. The Morgan fingerprint density at radius 3 is 2.36 bits per heavy atom. The highest BCUT2D eigenvalue weighted by Crippen LogP contribution is 2.12. The van der Waals surface area contributed by atoms with Gasteiger partial charge in [0.2, 0.25) is 0 Å². The Bertz CT molecular complexity index is 392. The maximum absolute atomic E-state index is 9.93. The van der Waals surface area contributed by atoms with Gasteiger partial charge in [0.1, 0.15) is 5.75 Å². The van der Waals surface area contributed by atoms with Crippen molar-refractivity contribution in [3.05, 3.63) is 29.8 Å². The predicted molar refractivity (Wildman–Crippen MR) is 90.2 cm³/mol. The van der Waals surface area contributed by atoms with Crippen LogP contribution in [0.15, 0.2) is 24.3 Å². The van der Waals surface area contributed by atoms with E-state index < -0.39 is 6.10 Å². The summed E-state index contributed by atoms with van der Waals surface area (Å²) < 4.78 is 10.7. The largest absolute Gasteiger partial charge is 0.497 e. The Kier molecular flexibility index (Phi) is 9.13. The van der Waals surface area contributed by atoms with Gasteiger partial charge in [-0.3, -0.25) is 0 Å². The van der Waals surface area contributed by atoms with Crippen molar-refractivity contribution in [2.75, 3.05) is 20.3 Å². The number of hydrogen-bond donors (Lipinski definition) is 2. The van der Waals surface area contributed by atoms with Crippen molar-refractivity contribution in [2.24, 2.45) is 5.92 Å². The summed E-state index contributed by atoms with van der Waals surface area (Å²) >= 11 is 0. The minimum atomic E-state index is -0.472. The van der Waals surface area contributed by atoms with Gasteiger partial charge >= 0.3 is 0 Å². The minimum absolute atomic E-state index is 0.343. The fourth-order valence-electron chi connectivity index (χ4n) is 2.12. The minimum Gasteiger partial charge on any atom is -0.497 e. The Morgan fingerprint density at radius 1 is 1.09 bits per heavy atom. The third-order valence-corrected chi connectivity index (χ3v) is 3.62. The summed E-state index contributed by atoms with van der Waals surface area (Å²) in [6, 6.07) is 8.19. The molecule has 0 heterocycles. The van der Waals surface area contributed by atoms with Crippen molar-refractivity contribution in [3.8, 4) is 5.75 Å². The Balaban J connectivity index is 2.13. The highest BCUT2D eigenvalue weighted by molar-refractivity contribution is 5.26. The highest BCUT2D eigenvalue weighted by Gasteiger charge is 2.08. The van der Waals surface area contributed by atoms with E-state index in [2.05, 4.69) is 26.1 Å². The highest BCUT2D eigenvalue weighted by atomic mass is 16.5. The van der Waals surface area contributed by atoms with Crippen LogP contribution in [0.3, 0.4) is 0 Å². The molecule has 0 bridgehead atoms. The summed E-state index contributed by atoms with van der Waals surface area (Å²) in [6.45, 7) is 8.04. The second-order valence-electron chi connectivity index (χ2n) is 6.30. The molecule has 0 fully saturated rings. The van der Waals surface area contributed by atoms with Gasteiger partial charge in [-0.2, -0.15) is 0 Å². The first kappa shape index (κ1) is 18.9. The fourth-order valence-corrected chi connectivity index (χ4v) is 2.12. The van der Waals surface area contributed by atoms with Gasteiger partial charge in [-0.05, 0) is 43.4 Å². The van der Waals surface area contributed by atoms with Gasteiger partial charge in [0.05, 0.1) is 26.4 Å². The molecule has 0 aliphatic carbocycles. The molecule has 4 nitrogen and oxygen atoms in total. The average molecular weight is 309 g/mol. The van der Waals surface area contributed by atoms with Gasteiger partial charge in [0.15, 0.2) is 0 Å². The number of benzene rings is 1. The molecule has 0 radical (unpaired) electrons. The van der Waals surface area contributed by atoms with Crippen LogP contribution in [0.4, 0.5) is 0 Å². The van der Waals surface area contributed by atoms with E-state index in [1.54, 1.807) is 7.11 Å². The summed E-state index contributed by atoms with van der Waals surface area (Å²) in [7, 11) is 1.65. The smallest absolute Gasteiger partial charge is 0.118 e. The molecule has 0 aliphatic rings. The molecule has 0 aliphatic heterocycles. The van der Waals surface area contributed by atoms with Crippen LogP contribution >= 0.6 is 0 Å². The Hall–Kier alpha value is -1.10. The number of aliphatic hydroxyl groups is 1. The second kappa shape index (κ2) is 10.6. The molecular formula is C18H31NO3. The third-order valence-electron chi connectivity index (χ3n) is 3.62. The number of rotatable bonds is 11. The first-order valence-corrected chi connectivity index (χ1v) is 8.13.